The number of aliphatic hydroxyl groups is 4. The van der Waals surface area contributed by atoms with Gasteiger partial charge in [-0.1, -0.05) is 12.1 Å². The molecular formula is C23H26O7. The summed E-state index contributed by atoms with van der Waals surface area (Å²) < 4.78 is 11.6. The lowest BCUT2D eigenvalue weighted by molar-refractivity contribution is -0.232. The van der Waals surface area contributed by atoms with E-state index in [1.807, 2.05) is 26.0 Å². The van der Waals surface area contributed by atoms with Crippen molar-refractivity contribution in [3.63, 3.8) is 0 Å². The highest BCUT2D eigenvalue weighted by Gasteiger charge is 2.44. The lowest BCUT2D eigenvalue weighted by atomic mass is 9.90. The molecule has 0 radical (unpaired) electrons. The topological polar surface area (TPSA) is 124 Å². The fourth-order valence-electron chi connectivity index (χ4n) is 4.13. The first kappa shape index (κ1) is 20.8. The van der Waals surface area contributed by atoms with Gasteiger partial charge in [0.15, 0.2) is 0 Å². The fourth-order valence-corrected chi connectivity index (χ4v) is 4.13. The highest BCUT2D eigenvalue weighted by Crippen LogP contribution is 2.37. The van der Waals surface area contributed by atoms with Crippen LogP contribution in [0.4, 0.5) is 0 Å². The van der Waals surface area contributed by atoms with Gasteiger partial charge in [0, 0.05) is 17.4 Å². The Bertz CT molecular complexity index is 1060. The molecule has 4 rings (SSSR count). The second-order valence-corrected chi connectivity index (χ2v) is 8.03. The van der Waals surface area contributed by atoms with Crippen molar-refractivity contribution in [3.05, 3.63) is 64.4 Å². The SMILES string of the molecule is Cc1cc(C)c2cc(Cc3ccc(O)c([C@@H]4O[C@H](CO)[C@@H](O)[C@H](O)[C@H]4O)c3)oc2c1. The molecule has 160 valence electrons. The van der Waals surface area contributed by atoms with Gasteiger partial charge in [0.05, 0.1) is 6.61 Å². The summed E-state index contributed by atoms with van der Waals surface area (Å²) in [7, 11) is 0. The lowest BCUT2D eigenvalue weighted by Crippen LogP contribution is -2.55. The summed E-state index contributed by atoms with van der Waals surface area (Å²) in [5.74, 6) is 0.642. The van der Waals surface area contributed by atoms with E-state index in [2.05, 4.69) is 6.07 Å². The molecule has 5 atom stereocenters. The number of fused-ring (bicyclic) bond motifs is 1. The summed E-state index contributed by atoms with van der Waals surface area (Å²) in [4.78, 5) is 0. The van der Waals surface area contributed by atoms with Crippen LogP contribution in [0.2, 0.25) is 0 Å². The van der Waals surface area contributed by atoms with Gasteiger partial charge in [-0.3, -0.25) is 0 Å². The Morgan fingerprint density at radius 2 is 1.70 bits per heavy atom. The number of phenolic OH excluding ortho intramolecular Hbond substituents is 1. The Labute approximate surface area is 173 Å². The summed E-state index contributed by atoms with van der Waals surface area (Å²) in [5.41, 5.74) is 4.15. The largest absolute Gasteiger partial charge is 0.508 e. The maximum Gasteiger partial charge on any atom is 0.134 e. The molecule has 0 bridgehead atoms. The number of phenols is 1. The number of aromatic hydroxyl groups is 1. The maximum absolute atomic E-state index is 10.4. The normalized spacial score (nSPS) is 26.9. The van der Waals surface area contributed by atoms with Crippen LogP contribution in [0, 0.1) is 13.8 Å². The minimum Gasteiger partial charge on any atom is -0.508 e. The quantitative estimate of drug-likeness (QED) is 0.441. The van der Waals surface area contributed by atoms with Crippen LogP contribution < -0.4 is 0 Å². The molecule has 30 heavy (non-hydrogen) atoms. The predicted molar refractivity (Wildman–Crippen MR) is 109 cm³/mol. The van der Waals surface area contributed by atoms with Gasteiger partial charge in [-0.15, -0.1) is 0 Å². The Kier molecular flexibility index (Phi) is 5.57. The van der Waals surface area contributed by atoms with Crippen LogP contribution in [0.15, 0.2) is 40.8 Å². The number of ether oxygens (including phenoxy) is 1. The van der Waals surface area contributed by atoms with Gasteiger partial charge in [-0.2, -0.15) is 0 Å². The number of aliphatic hydroxyl groups excluding tert-OH is 4. The Morgan fingerprint density at radius 3 is 2.43 bits per heavy atom. The van der Waals surface area contributed by atoms with Crippen molar-refractivity contribution in [2.24, 2.45) is 0 Å². The Hall–Kier alpha value is -2.42. The number of hydrogen-bond donors (Lipinski definition) is 5. The first-order valence-electron chi connectivity index (χ1n) is 9.90. The molecular weight excluding hydrogens is 388 g/mol. The Morgan fingerprint density at radius 1 is 0.933 bits per heavy atom. The second-order valence-electron chi connectivity index (χ2n) is 8.03. The van der Waals surface area contributed by atoms with Crippen molar-refractivity contribution in [1.29, 1.82) is 0 Å². The van der Waals surface area contributed by atoms with E-state index in [0.29, 0.717) is 6.42 Å². The monoisotopic (exact) mass is 414 g/mol. The number of furan rings is 1. The molecule has 2 aromatic carbocycles. The molecule has 0 unspecified atom stereocenters. The molecule has 3 aromatic rings. The van der Waals surface area contributed by atoms with Crippen LogP contribution >= 0.6 is 0 Å². The van der Waals surface area contributed by atoms with E-state index in [-0.39, 0.29) is 11.3 Å². The van der Waals surface area contributed by atoms with Crippen LogP contribution in [-0.4, -0.2) is 56.6 Å². The smallest absolute Gasteiger partial charge is 0.134 e. The molecule has 0 amide bonds. The molecule has 5 N–H and O–H groups in total. The van der Waals surface area contributed by atoms with Gasteiger partial charge < -0.3 is 34.7 Å². The van der Waals surface area contributed by atoms with Crippen molar-refractivity contribution in [2.75, 3.05) is 6.61 Å². The van der Waals surface area contributed by atoms with Gasteiger partial charge >= 0.3 is 0 Å². The molecule has 1 aliphatic heterocycles. The van der Waals surface area contributed by atoms with Gasteiger partial charge in [0.2, 0.25) is 0 Å². The molecule has 7 heteroatoms. The molecule has 0 saturated carbocycles. The highest BCUT2D eigenvalue weighted by molar-refractivity contribution is 5.82. The van der Waals surface area contributed by atoms with Gasteiger partial charge in [-0.25, -0.2) is 0 Å². The zero-order valence-corrected chi connectivity index (χ0v) is 16.8. The molecule has 1 aromatic heterocycles. The van der Waals surface area contributed by atoms with Crippen LogP contribution in [0.25, 0.3) is 11.0 Å². The van der Waals surface area contributed by atoms with E-state index in [1.165, 1.54) is 6.07 Å². The molecule has 0 spiro atoms. The standard InChI is InChI=1S/C23H26O7/c1-11-5-12(2)15-9-14(29-18(15)6-11)7-13-3-4-17(25)16(8-13)23-22(28)21(27)20(26)19(10-24)30-23/h3-6,8-9,19-28H,7,10H2,1-2H3/t19-,20-,21+,22-,23+/m1/s1. The van der Waals surface area contributed by atoms with E-state index in [4.69, 9.17) is 9.15 Å². The maximum atomic E-state index is 10.4. The summed E-state index contributed by atoms with van der Waals surface area (Å²) >= 11 is 0. The summed E-state index contributed by atoms with van der Waals surface area (Å²) in [6.07, 6.45) is -6.10. The third-order valence-corrected chi connectivity index (χ3v) is 5.71. The fraction of sp³-hybridized carbons (Fsp3) is 0.391. The van der Waals surface area contributed by atoms with Crippen LogP contribution in [0.1, 0.15) is 34.1 Å². The molecule has 7 nitrogen and oxygen atoms in total. The van der Waals surface area contributed by atoms with E-state index < -0.39 is 37.1 Å². The number of aryl methyl sites for hydroxylation is 2. The zero-order valence-electron chi connectivity index (χ0n) is 16.8. The van der Waals surface area contributed by atoms with E-state index in [0.717, 1.165) is 33.4 Å². The van der Waals surface area contributed by atoms with Crippen LogP contribution in [-0.2, 0) is 11.2 Å². The number of rotatable bonds is 4. The highest BCUT2D eigenvalue weighted by atomic mass is 16.5. The average molecular weight is 414 g/mol. The molecule has 0 aliphatic carbocycles. The molecule has 2 heterocycles. The lowest BCUT2D eigenvalue weighted by Gasteiger charge is -2.40. The van der Waals surface area contributed by atoms with Gasteiger partial charge in [0.1, 0.15) is 47.6 Å². The third-order valence-electron chi connectivity index (χ3n) is 5.71. The molecule has 1 fully saturated rings. The van der Waals surface area contributed by atoms with Crippen molar-refractivity contribution in [2.45, 2.75) is 50.8 Å². The number of hydrogen-bond acceptors (Lipinski definition) is 7. The minimum atomic E-state index is -1.51. The van der Waals surface area contributed by atoms with Crippen LogP contribution in [0.3, 0.4) is 0 Å². The summed E-state index contributed by atoms with van der Waals surface area (Å²) in [5, 5.41) is 51.2. The zero-order chi connectivity index (χ0) is 21.6. The summed E-state index contributed by atoms with van der Waals surface area (Å²) in [6.45, 7) is 3.52. The molecule has 1 saturated heterocycles. The van der Waals surface area contributed by atoms with E-state index in [1.54, 1.807) is 12.1 Å². The summed E-state index contributed by atoms with van der Waals surface area (Å²) in [6, 6.07) is 11.0. The van der Waals surface area contributed by atoms with Crippen molar-refractivity contribution >= 4 is 11.0 Å². The van der Waals surface area contributed by atoms with Crippen LogP contribution in [0.5, 0.6) is 5.75 Å². The first-order chi connectivity index (χ1) is 14.3. The van der Waals surface area contributed by atoms with E-state index in [9.17, 15) is 25.5 Å². The minimum absolute atomic E-state index is 0.112. The molecule has 1 aliphatic rings. The third kappa shape index (κ3) is 3.71. The second kappa shape index (κ2) is 8.02. The van der Waals surface area contributed by atoms with Crippen molar-refractivity contribution in [1.82, 2.24) is 0 Å². The first-order valence-corrected chi connectivity index (χ1v) is 9.90. The number of benzene rings is 2. The van der Waals surface area contributed by atoms with Crippen molar-refractivity contribution in [3.8, 4) is 5.75 Å². The Balaban J connectivity index is 1.64. The van der Waals surface area contributed by atoms with E-state index >= 15 is 0 Å². The van der Waals surface area contributed by atoms with Gasteiger partial charge in [-0.05, 0) is 54.8 Å². The van der Waals surface area contributed by atoms with Gasteiger partial charge in [0.25, 0.3) is 0 Å². The van der Waals surface area contributed by atoms with Crippen molar-refractivity contribution < 1.29 is 34.7 Å². The average Bonchev–Trinajstić information content (AvgIpc) is 3.11. The predicted octanol–water partition coefficient (Wildman–Crippen LogP) is 1.86.